The van der Waals surface area contributed by atoms with Crippen molar-refractivity contribution < 1.29 is 9.53 Å². The van der Waals surface area contributed by atoms with Crippen LogP contribution in [-0.2, 0) is 17.8 Å². The molecule has 4 nitrogen and oxygen atoms in total. The Morgan fingerprint density at radius 1 is 1.50 bits per heavy atom. The SMILES string of the molecule is [B]c1ccc2[nH]c3c(c2c1)CN(C(=O)OCC)C3. The van der Waals surface area contributed by atoms with Gasteiger partial charge in [-0.2, -0.15) is 0 Å². The van der Waals surface area contributed by atoms with Crippen LogP contribution in [0.15, 0.2) is 18.2 Å². The van der Waals surface area contributed by atoms with Crippen LogP contribution in [0.4, 0.5) is 4.79 Å². The van der Waals surface area contributed by atoms with E-state index in [4.69, 9.17) is 12.6 Å². The summed E-state index contributed by atoms with van der Waals surface area (Å²) >= 11 is 0. The molecule has 0 saturated heterocycles. The second-order valence-corrected chi connectivity index (χ2v) is 4.44. The maximum absolute atomic E-state index is 11.7. The van der Waals surface area contributed by atoms with Crippen LogP contribution >= 0.6 is 0 Å². The van der Waals surface area contributed by atoms with Gasteiger partial charge in [0.05, 0.1) is 19.7 Å². The van der Waals surface area contributed by atoms with Gasteiger partial charge in [-0.3, -0.25) is 4.90 Å². The number of hydrogen-bond donors (Lipinski definition) is 1. The molecule has 1 amide bonds. The highest BCUT2D eigenvalue weighted by Crippen LogP contribution is 2.29. The molecule has 0 unspecified atom stereocenters. The third kappa shape index (κ3) is 1.67. The fourth-order valence-electron chi connectivity index (χ4n) is 2.42. The van der Waals surface area contributed by atoms with Crippen LogP contribution in [0.5, 0.6) is 0 Å². The third-order valence-corrected chi connectivity index (χ3v) is 3.24. The van der Waals surface area contributed by atoms with Crippen molar-refractivity contribution in [3.8, 4) is 0 Å². The number of carbonyl (C=O) groups is 1. The molecule has 0 saturated carbocycles. The zero-order valence-electron chi connectivity index (χ0n) is 10.2. The zero-order valence-corrected chi connectivity index (χ0v) is 10.2. The van der Waals surface area contributed by atoms with Crippen molar-refractivity contribution in [2.24, 2.45) is 0 Å². The minimum Gasteiger partial charge on any atom is -0.450 e. The van der Waals surface area contributed by atoms with Gasteiger partial charge in [0.1, 0.15) is 7.85 Å². The Morgan fingerprint density at radius 2 is 2.33 bits per heavy atom. The van der Waals surface area contributed by atoms with E-state index in [1.807, 2.05) is 25.1 Å². The van der Waals surface area contributed by atoms with Gasteiger partial charge in [0.15, 0.2) is 0 Å². The van der Waals surface area contributed by atoms with Gasteiger partial charge in [-0.05, 0) is 13.0 Å². The molecule has 90 valence electrons. The first-order valence-corrected chi connectivity index (χ1v) is 5.99. The Hall–Kier alpha value is -1.91. The Kier molecular flexibility index (Phi) is 2.54. The third-order valence-electron chi connectivity index (χ3n) is 3.24. The van der Waals surface area contributed by atoms with Gasteiger partial charge in [0.25, 0.3) is 0 Å². The number of benzene rings is 1. The topological polar surface area (TPSA) is 45.3 Å². The van der Waals surface area contributed by atoms with Crippen molar-refractivity contribution in [1.82, 2.24) is 9.88 Å². The number of aromatic amines is 1. The Labute approximate surface area is 106 Å². The summed E-state index contributed by atoms with van der Waals surface area (Å²) in [6, 6.07) is 5.79. The minimum atomic E-state index is -0.265. The molecule has 0 bridgehead atoms. The van der Waals surface area contributed by atoms with E-state index in [1.54, 1.807) is 4.90 Å². The normalized spacial score (nSPS) is 13.9. The lowest BCUT2D eigenvalue weighted by atomic mass is 9.94. The molecular weight excluding hydrogens is 227 g/mol. The number of nitrogens with zero attached hydrogens (tertiary/aromatic N) is 1. The van der Waals surface area contributed by atoms with Crippen LogP contribution in [0, 0.1) is 0 Å². The summed E-state index contributed by atoms with van der Waals surface area (Å²) in [4.78, 5) is 16.7. The first kappa shape index (κ1) is 11.2. The largest absolute Gasteiger partial charge is 0.450 e. The van der Waals surface area contributed by atoms with Crippen LogP contribution < -0.4 is 5.46 Å². The molecule has 0 fully saturated rings. The molecule has 2 radical (unpaired) electrons. The summed E-state index contributed by atoms with van der Waals surface area (Å²) in [6.07, 6.45) is -0.265. The highest BCUT2D eigenvalue weighted by atomic mass is 16.6. The molecule has 18 heavy (non-hydrogen) atoms. The quantitative estimate of drug-likeness (QED) is 0.766. The number of ether oxygens (including phenoxy) is 1. The molecule has 1 aliphatic heterocycles. The van der Waals surface area contributed by atoms with Gasteiger partial charge in [0, 0.05) is 22.2 Å². The van der Waals surface area contributed by atoms with E-state index in [0.717, 1.165) is 27.6 Å². The van der Waals surface area contributed by atoms with E-state index >= 15 is 0 Å². The van der Waals surface area contributed by atoms with E-state index in [0.29, 0.717) is 19.7 Å². The van der Waals surface area contributed by atoms with E-state index in [-0.39, 0.29) is 6.09 Å². The van der Waals surface area contributed by atoms with E-state index in [1.165, 1.54) is 0 Å². The van der Waals surface area contributed by atoms with Crippen LogP contribution in [0.25, 0.3) is 10.9 Å². The van der Waals surface area contributed by atoms with E-state index < -0.39 is 0 Å². The molecule has 3 rings (SSSR count). The lowest BCUT2D eigenvalue weighted by Gasteiger charge is -2.14. The number of nitrogens with one attached hydrogen (secondary N) is 1. The maximum Gasteiger partial charge on any atom is 0.410 e. The van der Waals surface area contributed by atoms with Crippen molar-refractivity contribution in [2.75, 3.05) is 6.61 Å². The number of fused-ring (bicyclic) bond motifs is 3. The van der Waals surface area contributed by atoms with Crippen molar-refractivity contribution >= 4 is 30.3 Å². The molecule has 1 aromatic carbocycles. The molecule has 1 N–H and O–H groups in total. The predicted octanol–water partition coefficient (Wildman–Crippen LogP) is 1.43. The number of aromatic nitrogens is 1. The summed E-state index contributed by atoms with van der Waals surface area (Å²) in [5.74, 6) is 0. The highest BCUT2D eigenvalue weighted by Gasteiger charge is 2.27. The van der Waals surface area contributed by atoms with Crippen molar-refractivity contribution in [2.45, 2.75) is 20.0 Å². The maximum atomic E-state index is 11.7. The summed E-state index contributed by atoms with van der Waals surface area (Å²) in [7, 11) is 5.80. The summed E-state index contributed by atoms with van der Waals surface area (Å²) in [5, 5.41) is 1.09. The lowest BCUT2D eigenvalue weighted by Crippen LogP contribution is -2.26. The molecule has 2 aromatic rings. The standard InChI is InChI=1S/C13H13BN2O2/c1-2-18-13(17)16-6-10-9-5-8(14)3-4-11(9)15-12(10)7-16/h3-5,15H,2,6-7H2,1H3. The molecule has 0 spiro atoms. The number of rotatable bonds is 1. The molecule has 1 aromatic heterocycles. The van der Waals surface area contributed by atoms with Gasteiger partial charge in [0.2, 0.25) is 0 Å². The van der Waals surface area contributed by atoms with Gasteiger partial charge in [-0.15, -0.1) is 0 Å². The monoisotopic (exact) mass is 240 g/mol. The van der Waals surface area contributed by atoms with Crippen LogP contribution in [0.2, 0.25) is 0 Å². The number of hydrogen-bond acceptors (Lipinski definition) is 2. The van der Waals surface area contributed by atoms with Gasteiger partial charge >= 0.3 is 6.09 Å². The van der Waals surface area contributed by atoms with E-state index in [9.17, 15) is 4.79 Å². The number of amides is 1. The van der Waals surface area contributed by atoms with Gasteiger partial charge in [-0.25, -0.2) is 4.79 Å². The Balaban J connectivity index is 1.94. The molecule has 0 aliphatic carbocycles. The molecule has 0 atom stereocenters. The van der Waals surface area contributed by atoms with Crippen LogP contribution in [-0.4, -0.2) is 30.4 Å². The van der Waals surface area contributed by atoms with Crippen molar-refractivity contribution in [3.63, 3.8) is 0 Å². The van der Waals surface area contributed by atoms with Crippen molar-refractivity contribution in [3.05, 3.63) is 29.5 Å². The average molecular weight is 240 g/mol. The summed E-state index contributed by atoms with van der Waals surface area (Å²) in [6.45, 7) is 3.36. The minimum absolute atomic E-state index is 0.265. The van der Waals surface area contributed by atoms with Crippen molar-refractivity contribution in [1.29, 1.82) is 0 Å². The fraction of sp³-hybridized carbons (Fsp3) is 0.308. The molecule has 2 heterocycles. The Bertz CT molecular complexity index is 621. The highest BCUT2D eigenvalue weighted by molar-refractivity contribution is 6.33. The average Bonchev–Trinajstić information content (AvgIpc) is 2.87. The predicted molar refractivity (Wildman–Crippen MR) is 70.0 cm³/mol. The second-order valence-electron chi connectivity index (χ2n) is 4.44. The molecule has 1 aliphatic rings. The summed E-state index contributed by atoms with van der Waals surface area (Å²) < 4.78 is 5.01. The number of carbonyl (C=O) groups excluding carboxylic acids is 1. The summed E-state index contributed by atoms with van der Waals surface area (Å²) in [5.41, 5.74) is 4.02. The zero-order chi connectivity index (χ0) is 12.7. The van der Waals surface area contributed by atoms with Crippen LogP contribution in [0.1, 0.15) is 18.2 Å². The molecular formula is C13H13BN2O2. The first-order valence-electron chi connectivity index (χ1n) is 5.99. The lowest BCUT2D eigenvalue weighted by molar-refractivity contribution is 0.106. The first-order chi connectivity index (χ1) is 8.69. The molecule has 5 heteroatoms. The smallest absolute Gasteiger partial charge is 0.410 e. The van der Waals surface area contributed by atoms with Crippen LogP contribution in [0.3, 0.4) is 0 Å². The fourth-order valence-corrected chi connectivity index (χ4v) is 2.42. The second kappa shape index (κ2) is 4.08. The van der Waals surface area contributed by atoms with Gasteiger partial charge < -0.3 is 9.72 Å². The van der Waals surface area contributed by atoms with E-state index in [2.05, 4.69) is 4.98 Å². The van der Waals surface area contributed by atoms with Gasteiger partial charge in [-0.1, -0.05) is 17.6 Å². The number of H-pyrrole nitrogens is 1. The Morgan fingerprint density at radius 3 is 3.11 bits per heavy atom.